The van der Waals surface area contributed by atoms with Crippen LogP contribution in [-0.2, 0) is 9.59 Å². The molecule has 0 fully saturated rings. The van der Waals surface area contributed by atoms with Crippen molar-refractivity contribution in [1.29, 1.82) is 0 Å². The molecule has 1 aliphatic carbocycles. The first-order valence-electron chi connectivity index (χ1n) is 5.98. The van der Waals surface area contributed by atoms with Crippen molar-refractivity contribution in [3.8, 4) is 0 Å². The van der Waals surface area contributed by atoms with Gasteiger partial charge in [-0.1, -0.05) is 41.5 Å². The van der Waals surface area contributed by atoms with Crippen LogP contribution in [0, 0.1) is 10.8 Å². The number of allylic oxidation sites excluding steroid dienone is 1. The molecule has 96 valence electrons. The molecule has 3 nitrogen and oxygen atoms in total. The Hall–Kier alpha value is -0.960. The second kappa shape index (κ2) is 3.77. The molecule has 0 saturated carbocycles. The topological polar surface area (TPSA) is 60.2 Å². The van der Waals surface area contributed by atoms with Gasteiger partial charge in [0.2, 0.25) is 0 Å². The molecule has 0 radical (unpaired) electrons. The molecule has 0 saturated heterocycles. The van der Waals surface area contributed by atoms with Gasteiger partial charge in [-0.2, -0.15) is 0 Å². The van der Waals surface area contributed by atoms with Gasteiger partial charge < -0.3 is 5.73 Å². The Morgan fingerprint density at radius 3 is 1.94 bits per heavy atom. The molecule has 1 aliphatic rings. The lowest BCUT2D eigenvalue weighted by Crippen LogP contribution is -2.60. The van der Waals surface area contributed by atoms with Gasteiger partial charge in [-0.3, -0.25) is 9.59 Å². The highest BCUT2D eigenvalue weighted by Gasteiger charge is 2.49. The number of hydrogen-bond donors (Lipinski definition) is 1. The zero-order valence-corrected chi connectivity index (χ0v) is 11.7. The molecule has 0 aromatic heterocycles. The van der Waals surface area contributed by atoms with Crippen LogP contribution in [0.25, 0.3) is 0 Å². The summed E-state index contributed by atoms with van der Waals surface area (Å²) in [5, 5.41) is 0. The maximum atomic E-state index is 12.2. The van der Waals surface area contributed by atoms with E-state index < -0.39 is 11.0 Å². The van der Waals surface area contributed by atoms with Crippen molar-refractivity contribution in [2.45, 2.75) is 53.5 Å². The average molecular weight is 237 g/mol. The molecule has 3 heteroatoms. The number of carbonyl (C=O) groups excluding carboxylic acids is 2. The highest BCUT2D eigenvalue weighted by molar-refractivity contribution is 6.13. The Morgan fingerprint density at radius 1 is 1.12 bits per heavy atom. The van der Waals surface area contributed by atoms with Crippen molar-refractivity contribution in [3.05, 3.63) is 11.6 Å². The van der Waals surface area contributed by atoms with Crippen molar-refractivity contribution in [2.24, 2.45) is 16.6 Å². The standard InChI is InChI=1S/C14H23NO2/c1-12(2,3)9-7-11(17)14(15,8-10(9)16)13(4,5)6/h7H,8,15H2,1-6H3. The normalized spacial score (nSPS) is 27.1. The molecule has 0 bridgehead atoms. The molecular weight excluding hydrogens is 214 g/mol. The first kappa shape index (κ1) is 14.1. The Labute approximate surface area is 103 Å². The molecule has 0 heterocycles. The molecule has 2 N–H and O–H groups in total. The predicted octanol–water partition coefficient (Wildman–Crippen LogP) is 2.24. The summed E-state index contributed by atoms with van der Waals surface area (Å²) < 4.78 is 0. The van der Waals surface area contributed by atoms with Crippen LogP contribution < -0.4 is 5.73 Å². The zero-order chi connectivity index (χ0) is 13.6. The molecule has 1 unspecified atom stereocenters. The van der Waals surface area contributed by atoms with Gasteiger partial charge in [-0.15, -0.1) is 0 Å². The van der Waals surface area contributed by atoms with E-state index in [-0.39, 0.29) is 23.4 Å². The van der Waals surface area contributed by atoms with Crippen LogP contribution in [0.4, 0.5) is 0 Å². The van der Waals surface area contributed by atoms with Crippen LogP contribution in [0.15, 0.2) is 11.6 Å². The van der Waals surface area contributed by atoms with Crippen LogP contribution in [0.2, 0.25) is 0 Å². The summed E-state index contributed by atoms with van der Waals surface area (Å²) >= 11 is 0. The summed E-state index contributed by atoms with van der Waals surface area (Å²) in [5.41, 5.74) is 4.96. The van der Waals surface area contributed by atoms with E-state index in [1.165, 1.54) is 6.08 Å². The maximum absolute atomic E-state index is 12.2. The second-order valence-corrected chi connectivity index (χ2v) is 6.99. The van der Waals surface area contributed by atoms with Crippen molar-refractivity contribution < 1.29 is 9.59 Å². The van der Waals surface area contributed by atoms with E-state index in [1.807, 2.05) is 41.5 Å². The van der Waals surface area contributed by atoms with E-state index in [2.05, 4.69) is 0 Å². The number of Topliss-reactive ketones (excluding diaryl/α,β-unsaturated/α-hetero) is 1. The quantitative estimate of drug-likeness (QED) is 0.703. The fourth-order valence-electron chi connectivity index (χ4n) is 2.05. The minimum absolute atomic E-state index is 0.00507. The van der Waals surface area contributed by atoms with E-state index in [0.717, 1.165) is 0 Å². The molecule has 0 spiro atoms. The van der Waals surface area contributed by atoms with Crippen molar-refractivity contribution in [1.82, 2.24) is 0 Å². The molecule has 0 aliphatic heterocycles. The molecule has 1 atom stereocenters. The molecule has 0 aromatic rings. The van der Waals surface area contributed by atoms with Crippen molar-refractivity contribution >= 4 is 11.6 Å². The third-order valence-electron chi connectivity index (χ3n) is 3.60. The lowest BCUT2D eigenvalue weighted by Gasteiger charge is -2.42. The fourth-order valence-corrected chi connectivity index (χ4v) is 2.05. The van der Waals surface area contributed by atoms with Gasteiger partial charge in [-0.25, -0.2) is 0 Å². The summed E-state index contributed by atoms with van der Waals surface area (Å²) in [7, 11) is 0. The monoisotopic (exact) mass is 237 g/mol. The van der Waals surface area contributed by atoms with Gasteiger partial charge in [0.1, 0.15) is 0 Å². The van der Waals surface area contributed by atoms with E-state index in [4.69, 9.17) is 5.73 Å². The first-order chi connectivity index (χ1) is 7.39. The lowest BCUT2D eigenvalue weighted by atomic mass is 9.63. The Kier molecular flexibility index (Phi) is 3.13. The number of rotatable bonds is 0. The summed E-state index contributed by atoms with van der Waals surface area (Å²) in [6, 6.07) is 0. The number of hydrogen-bond acceptors (Lipinski definition) is 3. The number of ketones is 2. The molecular formula is C14H23NO2. The first-order valence-corrected chi connectivity index (χ1v) is 5.98. The van der Waals surface area contributed by atoms with Crippen LogP contribution in [0.3, 0.4) is 0 Å². The smallest absolute Gasteiger partial charge is 0.176 e. The third kappa shape index (κ3) is 2.34. The van der Waals surface area contributed by atoms with Gasteiger partial charge in [-0.05, 0) is 16.9 Å². The fraction of sp³-hybridized carbons (Fsp3) is 0.714. The maximum Gasteiger partial charge on any atom is 0.176 e. The Bertz CT molecular complexity index is 393. The van der Waals surface area contributed by atoms with Crippen LogP contribution in [0.1, 0.15) is 48.0 Å². The molecule has 0 amide bonds. The van der Waals surface area contributed by atoms with Crippen LogP contribution >= 0.6 is 0 Å². The third-order valence-corrected chi connectivity index (χ3v) is 3.60. The molecule has 1 rings (SSSR count). The highest BCUT2D eigenvalue weighted by Crippen LogP contribution is 2.39. The SMILES string of the molecule is CC(C)(C)C1=CC(=O)C(N)(C(C)(C)C)CC1=O. The van der Waals surface area contributed by atoms with Gasteiger partial charge in [0.05, 0.1) is 5.54 Å². The largest absolute Gasteiger partial charge is 0.318 e. The van der Waals surface area contributed by atoms with E-state index in [1.54, 1.807) is 0 Å². The van der Waals surface area contributed by atoms with E-state index >= 15 is 0 Å². The average Bonchev–Trinajstić information content (AvgIpc) is 2.07. The Balaban J connectivity index is 3.26. The lowest BCUT2D eigenvalue weighted by molar-refractivity contribution is -0.131. The number of carbonyl (C=O) groups is 2. The predicted molar refractivity (Wildman–Crippen MR) is 68.5 cm³/mol. The highest BCUT2D eigenvalue weighted by atomic mass is 16.1. The van der Waals surface area contributed by atoms with Crippen molar-refractivity contribution in [3.63, 3.8) is 0 Å². The van der Waals surface area contributed by atoms with E-state index in [0.29, 0.717) is 5.57 Å². The minimum Gasteiger partial charge on any atom is -0.318 e. The van der Waals surface area contributed by atoms with Gasteiger partial charge >= 0.3 is 0 Å². The summed E-state index contributed by atoms with van der Waals surface area (Å²) in [4.78, 5) is 24.4. The van der Waals surface area contributed by atoms with Crippen LogP contribution in [0.5, 0.6) is 0 Å². The molecule has 17 heavy (non-hydrogen) atoms. The van der Waals surface area contributed by atoms with Crippen LogP contribution in [-0.4, -0.2) is 17.1 Å². The zero-order valence-electron chi connectivity index (χ0n) is 11.7. The second-order valence-electron chi connectivity index (χ2n) is 6.99. The summed E-state index contributed by atoms with van der Waals surface area (Å²) in [5.74, 6) is -0.135. The Morgan fingerprint density at radius 2 is 1.59 bits per heavy atom. The van der Waals surface area contributed by atoms with Gasteiger partial charge in [0.15, 0.2) is 11.6 Å². The minimum atomic E-state index is -1.07. The van der Waals surface area contributed by atoms with Gasteiger partial charge in [0.25, 0.3) is 0 Å². The van der Waals surface area contributed by atoms with E-state index in [9.17, 15) is 9.59 Å². The van der Waals surface area contributed by atoms with Crippen molar-refractivity contribution in [2.75, 3.05) is 0 Å². The summed E-state index contributed by atoms with van der Waals surface area (Å²) in [6.45, 7) is 11.5. The van der Waals surface area contributed by atoms with Gasteiger partial charge in [0, 0.05) is 12.0 Å². The number of nitrogens with two attached hydrogens (primary N) is 1. The summed E-state index contributed by atoms with van der Waals surface area (Å²) in [6.07, 6.45) is 1.56. The molecule has 0 aromatic carbocycles.